The van der Waals surface area contributed by atoms with Gasteiger partial charge in [0.15, 0.2) is 0 Å². The maximum Gasteiger partial charge on any atom is 0.305 e. The zero-order valence-corrected chi connectivity index (χ0v) is 8.17. The van der Waals surface area contributed by atoms with Crippen molar-refractivity contribution < 1.29 is 23.1 Å². The highest BCUT2D eigenvalue weighted by Crippen LogP contribution is 1.99. The minimum Gasteiger partial charge on any atom is -0.481 e. The Morgan fingerprint density at radius 3 is 2.08 bits per heavy atom. The van der Waals surface area contributed by atoms with Crippen LogP contribution in [0.4, 0.5) is 0 Å². The predicted molar refractivity (Wildman–Crippen MR) is 44.5 cm³/mol. The molecule has 1 N–H and O–H groups in total. The summed E-state index contributed by atoms with van der Waals surface area (Å²) in [6.45, 7) is 0.756. The third-order valence-electron chi connectivity index (χ3n) is 1.28. The molecule has 0 rings (SSSR count). The minimum absolute atomic E-state index is 0.316. The van der Waals surface area contributed by atoms with Gasteiger partial charge in [-0.15, -0.1) is 0 Å². The number of nitrogens with zero attached hydrogens (tertiary/aromatic N) is 1. The summed E-state index contributed by atoms with van der Waals surface area (Å²) < 4.78 is 22.3. The molecule has 0 aliphatic carbocycles. The molecule has 0 fully saturated rings. The minimum atomic E-state index is -3.64. The summed E-state index contributed by atoms with van der Waals surface area (Å²) in [4.78, 5) is 20.9. The molecule has 0 heterocycles. The van der Waals surface area contributed by atoms with E-state index in [0.717, 1.165) is 13.2 Å². The van der Waals surface area contributed by atoms with Crippen LogP contribution >= 0.6 is 0 Å². The number of hydrogen-bond donors (Lipinski definition) is 1. The fraction of sp³-hybridized carbons (Fsp3) is 0.667. The molecular weight excluding hydrogens is 198 g/mol. The molecule has 76 valence electrons. The first-order valence-electron chi connectivity index (χ1n) is 3.45. The van der Waals surface area contributed by atoms with Gasteiger partial charge >= 0.3 is 5.97 Å². The van der Waals surface area contributed by atoms with Crippen molar-refractivity contribution in [2.45, 2.75) is 13.3 Å². The van der Waals surface area contributed by atoms with E-state index in [2.05, 4.69) is 0 Å². The molecule has 7 heteroatoms. The van der Waals surface area contributed by atoms with Gasteiger partial charge in [-0.2, -0.15) is 0 Å². The third-order valence-corrected chi connectivity index (χ3v) is 2.52. The number of carbonyl (C=O) groups is 2. The van der Waals surface area contributed by atoms with Gasteiger partial charge < -0.3 is 5.11 Å². The average Bonchev–Trinajstić information content (AvgIpc) is 1.81. The van der Waals surface area contributed by atoms with E-state index < -0.39 is 21.9 Å². The summed E-state index contributed by atoms with van der Waals surface area (Å²) in [6.07, 6.45) is 0.475. The molecule has 0 saturated heterocycles. The van der Waals surface area contributed by atoms with E-state index in [-0.39, 0.29) is 13.0 Å². The third kappa shape index (κ3) is 4.46. The van der Waals surface area contributed by atoms with Crippen LogP contribution in [0.3, 0.4) is 0 Å². The van der Waals surface area contributed by atoms with Gasteiger partial charge in [0.2, 0.25) is 15.9 Å². The molecule has 0 bridgehead atoms. The van der Waals surface area contributed by atoms with Crippen LogP contribution in [0.1, 0.15) is 13.3 Å². The molecule has 0 aliphatic rings. The molecule has 0 unspecified atom stereocenters. The number of carboxylic acids is 1. The molecule has 0 atom stereocenters. The smallest absolute Gasteiger partial charge is 0.305 e. The first-order valence-corrected chi connectivity index (χ1v) is 5.30. The topological polar surface area (TPSA) is 91.8 Å². The first-order chi connectivity index (χ1) is 5.75. The fourth-order valence-corrected chi connectivity index (χ4v) is 1.64. The Bertz CT molecular complexity index is 307. The van der Waals surface area contributed by atoms with Gasteiger partial charge in [0.25, 0.3) is 0 Å². The Kier molecular flexibility index (Phi) is 3.86. The number of carboxylic acid groups (broad SMARTS) is 1. The molecule has 0 aromatic heterocycles. The molecule has 6 nitrogen and oxygen atoms in total. The molecule has 0 aromatic carbocycles. The number of aliphatic carboxylic acids is 1. The van der Waals surface area contributed by atoms with E-state index in [4.69, 9.17) is 5.11 Å². The van der Waals surface area contributed by atoms with E-state index in [9.17, 15) is 18.0 Å². The Balaban J connectivity index is 4.47. The van der Waals surface area contributed by atoms with Gasteiger partial charge in [0.05, 0.1) is 12.7 Å². The molecule has 0 aromatic rings. The predicted octanol–water partition coefficient (Wildman–Crippen LogP) is -0.731. The Morgan fingerprint density at radius 2 is 1.85 bits per heavy atom. The van der Waals surface area contributed by atoms with Crippen LogP contribution in [-0.2, 0) is 19.6 Å². The average molecular weight is 209 g/mol. The van der Waals surface area contributed by atoms with Crippen molar-refractivity contribution in [3.8, 4) is 0 Å². The number of hydrogen-bond acceptors (Lipinski definition) is 4. The lowest BCUT2D eigenvalue weighted by atomic mass is 10.4. The number of sulfonamides is 1. The molecule has 1 amide bonds. The highest BCUT2D eigenvalue weighted by molar-refractivity contribution is 7.88. The largest absolute Gasteiger partial charge is 0.481 e. The first kappa shape index (κ1) is 11.9. The summed E-state index contributed by atoms with van der Waals surface area (Å²) in [5, 5.41) is 8.28. The van der Waals surface area contributed by atoms with Crippen LogP contribution in [0.15, 0.2) is 0 Å². The molecule has 0 saturated carbocycles. The van der Waals surface area contributed by atoms with Crippen LogP contribution in [0.25, 0.3) is 0 Å². The van der Waals surface area contributed by atoms with Gasteiger partial charge in [-0.3, -0.25) is 9.59 Å². The molecule has 13 heavy (non-hydrogen) atoms. The Hall–Kier alpha value is -1.11. The number of rotatable bonds is 4. The standard InChI is InChI=1S/C6H11NO5S/c1-5(8)7(13(2,11)12)4-3-6(9)10/h3-4H2,1-2H3,(H,9,10). The SMILES string of the molecule is CC(=O)N(CCC(=O)O)S(C)(=O)=O. The quantitative estimate of drug-likeness (QED) is 0.659. The number of amides is 1. The van der Waals surface area contributed by atoms with E-state index >= 15 is 0 Å². The summed E-state index contributed by atoms with van der Waals surface area (Å²) >= 11 is 0. The second kappa shape index (κ2) is 4.22. The lowest BCUT2D eigenvalue weighted by Gasteiger charge is -2.16. The van der Waals surface area contributed by atoms with Crippen molar-refractivity contribution in [2.24, 2.45) is 0 Å². The second-order valence-corrected chi connectivity index (χ2v) is 4.40. The van der Waals surface area contributed by atoms with E-state index in [0.29, 0.717) is 4.31 Å². The van der Waals surface area contributed by atoms with Gasteiger partial charge in [0.1, 0.15) is 0 Å². The van der Waals surface area contributed by atoms with Crippen molar-refractivity contribution >= 4 is 21.9 Å². The van der Waals surface area contributed by atoms with Crippen molar-refractivity contribution in [2.75, 3.05) is 12.8 Å². The second-order valence-electron chi connectivity index (χ2n) is 2.50. The zero-order valence-electron chi connectivity index (χ0n) is 7.35. The van der Waals surface area contributed by atoms with Crippen molar-refractivity contribution in [3.05, 3.63) is 0 Å². The highest BCUT2D eigenvalue weighted by atomic mass is 32.2. The maximum absolute atomic E-state index is 10.9. The maximum atomic E-state index is 10.9. The van der Waals surface area contributed by atoms with Crippen LogP contribution in [0.2, 0.25) is 0 Å². The fourth-order valence-electron chi connectivity index (χ4n) is 0.754. The molecular formula is C6H11NO5S. The summed E-state index contributed by atoms with van der Waals surface area (Å²) in [5.74, 6) is -1.82. The lowest BCUT2D eigenvalue weighted by molar-refractivity contribution is -0.137. The van der Waals surface area contributed by atoms with Crippen LogP contribution in [-0.4, -0.2) is 42.5 Å². The van der Waals surface area contributed by atoms with Gasteiger partial charge in [-0.25, -0.2) is 12.7 Å². The van der Waals surface area contributed by atoms with Crippen molar-refractivity contribution in [3.63, 3.8) is 0 Å². The monoisotopic (exact) mass is 209 g/mol. The van der Waals surface area contributed by atoms with Crippen molar-refractivity contribution in [1.82, 2.24) is 4.31 Å². The van der Waals surface area contributed by atoms with Crippen LogP contribution in [0.5, 0.6) is 0 Å². The summed E-state index contributed by atoms with van der Waals surface area (Å²) in [6, 6.07) is 0. The van der Waals surface area contributed by atoms with Crippen LogP contribution in [0, 0.1) is 0 Å². The van der Waals surface area contributed by atoms with Gasteiger partial charge in [0, 0.05) is 13.5 Å². The Morgan fingerprint density at radius 1 is 1.38 bits per heavy atom. The van der Waals surface area contributed by atoms with Crippen molar-refractivity contribution in [1.29, 1.82) is 0 Å². The zero-order chi connectivity index (χ0) is 10.6. The lowest BCUT2D eigenvalue weighted by Crippen LogP contribution is -2.35. The molecule has 0 aliphatic heterocycles. The normalized spacial score (nSPS) is 10.9. The highest BCUT2D eigenvalue weighted by Gasteiger charge is 2.19. The molecule has 0 spiro atoms. The summed E-state index contributed by atoms with van der Waals surface area (Å²) in [5.41, 5.74) is 0. The van der Waals surface area contributed by atoms with Gasteiger partial charge in [-0.05, 0) is 0 Å². The van der Waals surface area contributed by atoms with Crippen LogP contribution < -0.4 is 0 Å². The number of carbonyl (C=O) groups excluding carboxylic acids is 1. The summed E-state index contributed by atoms with van der Waals surface area (Å²) in [7, 11) is -3.64. The van der Waals surface area contributed by atoms with E-state index in [1.807, 2.05) is 0 Å². The van der Waals surface area contributed by atoms with E-state index in [1.54, 1.807) is 0 Å². The van der Waals surface area contributed by atoms with E-state index in [1.165, 1.54) is 0 Å². The Labute approximate surface area is 76.2 Å². The van der Waals surface area contributed by atoms with Gasteiger partial charge in [-0.1, -0.05) is 0 Å². The molecule has 0 radical (unpaired) electrons.